The van der Waals surface area contributed by atoms with Gasteiger partial charge in [-0.3, -0.25) is 4.79 Å². The summed E-state index contributed by atoms with van der Waals surface area (Å²) in [6, 6.07) is 7.94. The Balaban J connectivity index is 1.63. The number of nitrogens with zero attached hydrogens (tertiary/aromatic N) is 2. The SMILES string of the molecule is O=C(N[C@@H]1CC2(CCCCC2)Oc2ccccc21)c1cn[nH]n1. The van der Waals surface area contributed by atoms with Gasteiger partial charge in [-0.1, -0.05) is 24.6 Å². The number of aromatic nitrogens is 3. The minimum absolute atomic E-state index is 0.0535. The zero-order valence-electron chi connectivity index (χ0n) is 12.9. The molecule has 0 bridgehead atoms. The number of nitrogens with one attached hydrogen (secondary N) is 2. The van der Waals surface area contributed by atoms with Crippen LogP contribution in [-0.2, 0) is 0 Å². The molecule has 0 unspecified atom stereocenters. The molecule has 23 heavy (non-hydrogen) atoms. The van der Waals surface area contributed by atoms with Crippen LogP contribution in [0.1, 0.15) is 60.6 Å². The summed E-state index contributed by atoms with van der Waals surface area (Å²) in [5.74, 6) is 0.692. The molecule has 0 saturated heterocycles. The van der Waals surface area contributed by atoms with E-state index < -0.39 is 0 Å². The van der Waals surface area contributed by atoms with Crippen molar-refractivity contribution in [3.05, 3.63) is 41.7 Å². The maximum atomic E-state index is 12.4. The lowest BCUT2D eigenvalue weighted by molar-refractivity contribution is -0.00212. The maximum Gasteiger partial charge on any atom is 0.273 e. The van der Waals surface area contributed by atoms with E-state index in [1.165, 1.54) is 25.5 Å². The zero-order chi connectivity index (χ0) is 15.7. The first kappa shape index (κ1) is 14.2. The summed E-state index contributed by atoms with van der Waals surface area (Å²) in [6.07, 6.45) is 8.00. The van der Waals surface area contributed by atoms with Gasteiger partial charge in [0, 0.05) is 12.0 Å². The number of amides is 1. The molecule has 1 spiro atoms. The third-order valence-electron chi connectivity index (χ3n) is 4.91. The summed E-state index contributed by atoms with van der Waals surface area (Å²) in [7, 11) is 0. The van der Waals surface area contributed by atoms with Crippen molar-refractivity contribution in [3.63, 3.8) is 0 Å². The number of aromatic amines is 1. The van der Waals surface area contributed by atoms with Crippen molar-refractivity contribution in [1.82, 2.24) is 20.7 Å². The molecule has 1 amide bonds. The number of benzene rings is 1. The summed E-state index contributed by atoms with van der Waals surface area (Å²) in [6.45, 7) is 0. The van der Waals surface area contributed by atoms with Crippen LogP contribution in [0.2, 0.25) is 0 Å². The molecule has 1 aromatic heterocycles. The van der Waals surface area contributed by atoms with Gasteiger partial charge in [0.2, 0.25) is 0 Å². The first-order valence-corrected chi connectivity index (χ1v) is 8.20. The van der Waals surface area contributed by atoms with Gasteiger partial charge in [-0.15, -0.1) is 0 Å². The van der Waals surface area contributed by atoms with E-state index >= 15 is 0 Å². The van der Waals surface area contributed by atoms with Crippen LogP contribution in [0.25, 0.3) is 0 Å². The molecule has 1 aliphatic heterocycles. The van der Waals surface area contributed by atoms with Gasteiger partial charge in [-0.2, -0.15) is 15.4 Å². The fourth-order valence-electron chi connectivity index (χ4n) is 3.79. The molecule has 2 aromatic rings. The second-order valence-electron chi connectivity index (χ2n) is 6.47. The number of hydrogen-bond acceptors (Lipinski definition) is 4. The van der Waals surface area contributed by atoms with Crippen molar-refractivity contribution in [2.45, 2.75) is 50.2 Å². The summed E-state index contributed by atoms with van der Waals surface area (Å²) in [5, 5.41) is 13.2. The van der Waals surface area contributed by atoms with E-state index in [0.29, 0.717) is 5.69 Å². The Morgan fingerprint density at radius 2 is 2.09 bits per heavy atom. The smallest absolute Gasteiger partial charge is 0.273 e. The van der Waals surface area contributed by atoms with Crippen LogP contribution in [0.15, 0.2) is 30.5 Å². The Morgan fingerprint density at radius 3 is 2.87 bits per heavy atom. The largest absolute Gasteiger partial charge is 0.487 e. The van der Waals surface area contributed by atoms with Gasteiger partial charge in [0.05, 0.1) is 12.2 Å². The van der Waals surface area contributed by atoms with E-state index in [4.69, 9.17) is 4.74 Å². The number of H-pyrrole nitrogens is 1. The van der Waals surface area contributed by atoms with Gasteiger partial charge in [-0.25, -0.2) is 0 Å². The highest BCUT2D eigenvalue weighted by Gasteiger charge is 2.42. The van der Waals surface area contributed by atoms with Crippen molar-refractivity contribution in [2.75, 3.05) is 0 Å². The Kier molecular flexibility index (Phi) is 3.52. The van der Waals surface area contributed by atoms with Gasteiger partial charge in [0.1, 0.15) is 11.4 Å². The van der Waals surface area contributed by atoms with Crippen LogP contribution in [0.3, 0.4) is 0 Å². The molecule has 120 valence electrons. The first-order chi connectivity index (χ1) is 11.3. The predicted octanol–water partition coefficient (Wildman–Crippen LogP) is 2.76. The molecule has 0 radical (unpaired) electrons. The minimum Gasteiger partial charge on any atom is -0.487 e. The molecule has 1 aliphatic carbocycles. The standard InChI is InChI=1S/C17H20N4O2/c22-16(14-11-18-21-20-14)19-13-10-17(8-4-1-5-9-17)23-15-7-3-2-6-12(13)15/h2-3,6-7,11,13H,1,4-5,8-10H2,(H,19,22)(H,18,20,21)/t13-/m1/s1. The highest BCUT2D eigenvalue weighted by atomic mass is 16.5. The fraction of sp³-hybridized carbons (Fsp3) is 0.471. The molecule has 1 fully saturated rings. The first-order valence-electron chi connectivity index (χ1n) is 8.20. The second kappa shape index (κ2) is 5.68. The molecule has 4 rings (SSSR count). The van der Waals surface area contributed by atoms with Gasteiger partial charge < -0.3 is 10.1 Å². The Hall–Kier alpha value is -2.37. The van der Waals surface area contributed by atoms with Gasteiger partial charge >= 0.3 is 0 Å². The monoisotopic (exact) mass is 312 g/mol. The van der Waals surface area contributed by atoms with Crippen molar-refractivity contribution in [2.24, 2.45) is 0 Å². The summed E-state index contributed by atoms with van der Waals surface area (Å²) < 4.78 is 6.38. The summed E-state index contributed by atoms with van der Waals surface area (Å²) in [4.78, 5) is 12.4. The molecule has 6 nitrogen and oxygen atoms in total. The fourth-order valence-corrected chi connectivity index (χ4v) is 3.79. The number of carbonyl (C=O) groups is 1. The van der Waals surface area contributed by atoms with Crippen LogP contribution >= 0.6 is 0 Å². The molecular weight excluding hydrogens is 292 g/mol. The topological polar surface area (TPSA) is 79.9 Å². The number of para-hydroxylation sites is 1. The Morgan fingerprint density at radius 1 is 1.26 bits per heavy atom. The average molecular weight is 312 g/mol. The normalized spacial score (nSPS) is 22.2. The molecule has 6 heteroatoms. The van der Waals surface area contributed by atoms with E-state index in [1.807, 2.05) is 24.3 Å². The Labute approximate surface area is 134 Å². The van der Waals surface area contributed by atoms with Crippen LogP contribution in [0.5, 0.6) is 5.75 Å². The summed E-state index contributed by atoms with van der Waals surface area (Å²) in [5.41, 5.74) is 1.21. The van der Waals surface area contributed by atoms with E-state index in [-0.39, 0.29) is 17.6 Å². The van der Waals surface area contributed by atoms with Crippen molar-refractivity contribution >= 4 is 5.91 Å². The van der Waals surface area contributed by atoms with Crippen LogP contribution in [0, 0.1) is 0 Å². The molecule has 2 aliphatic rings. The van der Waals surface area contributed by atoms with Crippen LogP contribution in [0.4, 0.5) is 0 Å². The lowest BCUT2D eigenvalue weighted by Crippen LogP contribution is -2.46. The molecule has 2 heterocycles. The highest BCUT2D eigenvalue weighted by Crippen LogP contribution is 2.46. The molecule has 1 aromatic carbocycles. The van der Waals surface area contributed by atoms with E-state index in [2.05, 4.69) is 20.7 Å². The molecular formula is C17H20N4O2. The number of hydrogen-bond donors (Lipinski definition) is 2. The summed E-state index contributed by atoms with van der Waals surface area (Å²) >= 11 is 0. The quantitative estimate of drug-likeness (QED) is 0.893. The number of ether oxygens (including phenoxy) is 1. The second-order valence-corrected chi connectivity index (χ2v) is 6.47. The number of rotatable bonds is 2. The minimum atomic E-state index is -0.202. The van der Waals surface area contributed by atoms with Gasteiger partial charge in [0.15, 0.2) is 5.69 Å². The van der Waals surface area contributed by atoms with Crippen molar-refractivity contribution in [3.8, 4) is 5.75 Å². The predicted molar refractivity (Wildman–Crippen MR) is 84.1 cm³/mol. The highest BCUT2D eigenvalue weighted by molar-refractivity contribution is 5.92. The van der Waals surface area contributed by atoms with Crippen molar-refractivity contribution in [1.29, 1.82) is 0 Å². The molecule has 1 saturated carbocycles. The van der Waals surface area contributed by atoms with Crippen molar-refractivity contribution < 1.29 is 9.53 Å². The van der Waals surface area contributed by atoms with E-state index in [0.717, 1.165) is 30.6 Å². The van der Waals surface area contributed by atoms with Crippen LogP contribution < -0.4 is 10.1 Å². The third kappa shape index (κ3) is 2.69. The van der Waals surface area contributed by atoms with E-state index in [9.17, 15) is 4.79 Å². The Bertz CT molecular complexity index is 692. The maximum absolute atomic E-state index is 12.4. The molecule has 2 N–H and O–H groups in total. The van der Waals surface area contributed by atoms with Gasteiger partial charge in [-0.05, 0) is 31.7 Å². The lowest BCUT2D eigenvalue weighted by Gasteiger charge is -2.44. The van der Waals surface area contributed by atoms with Crippen LogP contribution in [-0.4, -0.2) is 26.9 Å². The average Bonchev–Trinajstić information content (AvgIpc) is 3.10. The number of fused-ring (bicyclic) bond motifs is 1. The van der Waals surface area contributed by atoms with Gasteiger partial charge in [0.25, 0.3) is 5.91 Å². The third-order valence-corrected chi connectivity index (χ3v) is 4.91. The van der Waals surface area contributed by atoms with E-state index in [1.54, 1.807) is 0 Å². The molecule has 1 atom stereocenters. The lowest BCUT2D eigenvalue weighted by atomic mass is 9.77. The zero-order valence-corrected chi connectivity index (χ0v) is 12.9. The number of carbonyl (C=O) groups excluding carboxylic acids is 1.